The highest BCUT2D eigenvalue weighted by molar-refractivity contribution is 7.90. The Bertz CT molecular complexity index is 1470. The molecule has 11 heteroatoms. The first-order valence-electron chi connectivity index (χ1n) is 12.7. The molecule has 8 nitrogen and oxygen atoms in total. The number of sulfone groups is 1. The van der Waals surface area contributed by atoms with Gasteiger partial charge in [0, 0.05) is 56.7 Å². The molecule has 4 heterocycles. The van der Waals surface area contributed by atoms with E-state index >= 15 is 0 Å². The third kappa shape index (κ3) is 4.63. The van der Waals surface area contributed by atoms with E-state index in [2.05, 4.69) is 5.10 Å². The van der Waals surface area contributed by atoms with E-state index in [-0.39, 0.29) is 35.1 Å². The smallest absolute Gasteiger partial charge is 0.274 e. The topological polar surface area (TPSA) is 84.7 Å². The number of likely N-dealkylation sites (tertiary alicyclic amines) is 1. The number of aromatic nitrogens is 2. The number of alkyl halides is 2. The van der Waals surface area contributed by atoms with E-state index < -0.39 is 15.8 Å². The summed E-state index contributed by atoms with van der Waals surface area (Å²) in [6.07, 6.45) is -0.264. The van der Waals surface area contributed by atoms with Crippen LogP contribution in [0.4, 0.5) is 8.78 Å². The summed E-state index contributed by atoms with van der Waals surface area (Å²) in [7, 11) is -3.65. The van der Waals surface area contributed by atoms with Gasteiger partial charge in [0.25, 0.3) is 11.8 Å². The molecule has 2 aromatic carbocycles. The van der Waals surface area contributed by atoms with Gasteiger partial charge in [0.2, 0.25) is 0 Å². The van der Waals surface area contributed by atoms with Crippen LogP contribution < -0.4 is 0 Å². The first-order chi connectivity index (χ1) is 18.2. The molecule has 200 valence electrons. The molecule has 3 aliphatic rings. The van der Waals surface area contributed by atoms with Crippen LogP contribution in [-0.2, 0) is 26.9 Å². The molecular weight excluding hydrogens is 514 g/mol. The number of carbonyl (C=O) groups excluding carboxylic acids is 1. The number of ether oxygens (including phenoxy) is 1. The van der Waals surface area contributed by atoms with Gasteiger partial charge in [-0.1, -0.05) is 30.3 Å². The number of fused-ring (bicyclic) bond motifs is 3. The first-order valence-corrected chi connectivity index (χ1v) is 14.4. The summed E-state index contributed by atoms with van der Waals surface area (Å²) in [5.41, 5.74) is 3.31. The molecule has 38 heavy (non-hydrogen) atoms. The Labute approximate surface area is 219 Å². The van der Waals surface area contributed by atoms with Gasteiger partial charge in [-0.25, -0.2) is 21.9 Å². The summed E-state index contributed by atoms with van der Waals surface area (Å²) in [6.45, 7) is 2.94. The number of rotatable bonds is 4. The van der Waals surface area contributed by atoms with E-state index in [1.807, 2.05) is 29.2 Å². The van der Waals surface area contributed by atoms with Crippen LogP contribution in [-0.4, -0.2) is 79.2 Å². The van der Waals surface area contributed by atoms with E-state index in [1.54, 1.807) is 33.8 Å². The second kappa shape index (κ2) is 9.55. The van der Waals surface area contributed by atoms with Crippen molar-refractivity contribution in [3.63, 3.8) is 0 Å². The number of nitrogens with zero attached hydrogens (tertiary/aromatic N) is 4. The predicted molar refractivity (Wildman–Crippen MR) is 136 cm³/mol. The maximum absolute atomic E-state index is 13.5. The van der Waals surface area contributed by atoms with Crippen molar-refractivity contribution in [2.24, 2.45) is 0 Å². The minimum absolute atomic E-state index is 0.132. The fourth-order valence-electron chi connectivity index (χ4n) is 5.38. The third-order valence-corrected chi connectivity index (χ3v) is 9.17. The van der Waals surface area contributed by atoms with E-state index in [1.165, 1.54) is 0 Å². The lowest BCUT2D eigenvalue weighted by Gasteiger charge is -2.31. The number of amides is 1. The molecule has 0 atom stereocenters. The molecule has 6 rings (SSSR count). The molecule has 2 saturated heterocycles. The number of hydrogen-bond acceptors (Lipinski definition) is 6. The van der Waals surface area contributed by atoms with Gasteiger partial charge in [0.15, 0.2) is 15.5 Å². The Balaban J connectivity index is 1.38. The highest BCUT2D eigenvalue weighted by atomic mass is 32.2. The standard InChI is InChI=1S/C27H28F2N4O4S/c28-27(29)9-11-31(12-10-27)17-19-5-7-20(8-6-19)33-25-21-3-1-2-4-23(21)38(35,36)18-22(25)24(30-33)26(34)32-13-15-37-16-14-32/h1-8H,9-18H2. The highest BCUT2D eigenvalue weighted by Crippen LogP contribution is 2.41. The van der Waals surface area contributed by atoms with Crippen LogP contribution in [0.15, 0.2) is 53.4 Å². The molecule has 1 amide bonds. The summed E-state index contributed by atoms with van der Waals surface area (Å²) in [5, 5.41) is 4.69. The largest absolute Gasteiger partial charge is 0.378 e. The van der Waals surface area contributed by atoms with E-state index in [9.17, 15) is 22.0 Å². The molecule has 0 aliphatic carbocycles. The molecule has 2 fully saturated rings. The molecule has 0 bridgehead atoms. The normalized spacial score (nSPS) is 20.5. The van der Waals surface area contributed by atoms with Crippen molar-refractivity contribution < 1.29 is 26.7 Å². The molecule has 0 unspecified atom stereocenters. The van der Waals surface area contributed by atoms with E-state index in [0.717, 1.165) is 5.56 Å². The molecule has 0 saturated carbocycles. The Kier molecular flexibility index (Phi) is 6.32. The number of hydrogen-bond donors (Lipinski definition) is 0. The van der Waals surface area contributed by atoms with E-state index in [4.69, 9.17) is 4.74 Å². The van der Waals surface area contributed by atoms with Gasteiger partial charge >= 0.3 is 0 Å². The minimum Gasteiger partial charge on any atom is -0.378 e. The molecular formula is C27H28F2N4O4S. The van der Waals surface area contributed by atoms with Crippen LogP contribution in [0.5, 0.6) is 0 Å². The second-order valence-electron chi connectivity index (χ2n) is 10.0. The monoisotopic (exact) mass is 542 g/mol. The number of morpholine rings is 1. The van der Waals surface area contributed by atoms with Gasteiger partial charge in [-0.2, -0.15) is 5.10 Å². The van der Waals surface area contributed by atoms with Gasteiger partial charge in [-0.15, -0.1) is 0 Å². The summed E-state index contributed by atoms with van der Waals surface area (Å²) < 4.78 is 60.4. The van der Waals surface area contributed by atoms with Crippen LogP contribution in [0.1, 0.15) is 34.5 Å². The Morgan fingerprint density at radius 1 is 0.974 bits per heavy atom. The highest BCUT2D eigenvalue weighted by Gasteiger charge is 2.37. The third-order valence-electron chi connectivity index (χ3n) is 7.47. The summed E-state index contributed by atoms with van der Waals surface area (Å²) in [6, 6.07) is 14.4. The van der Waals surface area contributed by atoms with Crippen molar-refractivity contribution >= 4 is 15.7 Å². The van der Waals surface area contributed by atoms with Crippen molar-refractivity contribution in [1.29, 1.82) is 0 Å². The van der Waals surface area contributed by atoms with Crippen molar-refractivity contribution in [2.45, 2.75) is 36.0 Å². The van der Waals surface area contributed by atoms with Gasteiger partial charge in [-0.05, 0) is 23.8 Å². The minimum atomic E-state index is -3.65. The SMILES string of the molecule is O=C(c1nn(-c2ccc(CN3CCC(F)(F)CC3)cc2)c2c1CS(=O)(=O)c1ccccc1-2)N1CCOCC1. The first kappa shape index (κ1) is 25.1. The quantitative estimate of drug-likeness (QED) is 0.502. The van der Waals surface area contributed by atoms with Crippen molar-refractivity contribution in [3.8, 4) is 16.9 Å². The van der Waals surface area contributed by atoms with E-state index in [0.29, 0.717) is 68.4 Å². The Hall–Kier alpha value is -3.15. The van der Waals surface area contributed by atoms with Crippen molar-refractivity contribution in [3.05, 3.63) is 65.4 Å². The summed E-state index contributed by atoms with van der Waals surface area (Å²) in [4.78, 5) is 17.4. The Morgan fingerprint density at radius 3 is 2.37 bits per heavy atom. The maximum atomic E-state index is 13.5. The van der Waals surface area contributed by atoms with Gasteiger partial charge in [-0.3, -0.25) is 9.69 Å². The summed E-state index contributed by atoms with van der Waals surface area (Å²) >= 11 is 0. The van der Waals surface area contributed by atoms with Crippen LogP contribution in [0.2, 0.25) is 0 Å². The molecule has 1 aromatic heterocycles. The maximum Gasteiger partial charge on any atom is 0.274 e. The average Bonchev–Trinajstić information content (AvgIpc) is 3.29. The lowest BCUT2D eigenvalue weighted by Crippen LogP contribution is -2.41. The zero-order valence-electron chi connectivity index (χ0n) is 20.8. The van der Waals surface area contributed by atoms with Crippen LogP contribution in [0.3, 0.4) is 0 Å². The number of benzene rings is 2. The van der Waals surface area contributed by atoms with Gasteiger partial charge in [0.1, 0.15) is 0 Å². The Morgan fingerprint density at radius 2 is 1.66 bits per heavy atom. The van der Waals surface area contributed by atoms with Crippen molar-refractivity contribution in [2.75, 3.05) is 39.4 Å². The van der Waals surface area contributed by atoms with Gasteiger partial charge < -0.3 is 9.64 Å². The average molecular weight is 543 g/mol. The molecule has 0 radical (unpaired) electrons. The zero-order chi connectivity index (χ0) is 26.5. The zero-order valence-corrected chi connectivity index (χ0v) is 21.6. The lowest BCUT2D eigenvalue weighted by atomic mass is 10.0. The van der Waals surface area contributed by atoms with Gasteiger partial charge in [0.05, 0.1) is 35.2 Å². The fraction of sp³-hybridized carbons (Fsp3) is 0.407. The summed E-state index contributed by atoms with van der Waals surface area (Å²) in [5.74, 6) is -3.20. The van der Waals surface area contributed by atoms with Crippen LogP contribution >= 0.6 is 0 Å². The van der Waals surface area contributed by atoms with Crippen molar-refractivity contribution in [1.82, 2.24) is 19.6 Å². The molecule has 0 N–H and O–H groups in total. The fourth-order valence-corrected chi connectivity index (χ4v) is 6.97. The molecule has 0 spiro atoms. The number of carbonyl (C=O) groups is 1. The lowest BCUT2D eigenvalue weighted by molar-refractivity contribution is -0.0566. The number of piperidine rings is 1. The predicted octanol–water partition coefficient (Wildman–Crippen LogP) is 3.53. The van der Waals surface area contributed by atoms with Crippen LogP contribution in [0.25, 0.3) is 16.9 Å². The molecule has 3 aliphatic heterocycles. The second-order valence-corrected chi connectivity index (χ2v) is 12.0. The van der Waals surface area contributed by atoms with Crippen LogP contribution in [0, 0.1) is 0 Å². The number of halogens is 2. The molecule has 3 aromatic rings.